The highest BCUT2D eigenvalue weighted by molar-refractivity contribution is 5.88. The average Bonchev–Trinajstić information content (AvgIpc) is 3.21. The Morgan fingerprint density at radius 2 is 2.10 bits per heavy atom. The van der Waals surface area contributed by atoms with Crippen molar-refractivity contribution in [3.05, 3.63) is 47.3 Å². The first kappa shape index (κ1) is 12.8. The van der Waals surface area contributed by atoms with Crippen LogP contribution in [0, 0.1) is 0 Å². The van der Waals surface area contributed by atoms with Gasteiger partial charge in [0.1, 0.15) is 0 Å². The van der Waals surface area contributed by atoms with E-state index in [1.54, 1.807) is 6.92 Å². The first-order valence-corrected chi connectivity index (χ1v) is 6.94. The summed E-state index contributed by atoms with van der Waals surface area (Å²) in [6.07, 6.45) is 2.18. The van der Waals surface area contributed by atoms with Gasteiger partial charge in [0.25, 0.3) is 0 Å². The van der Waals surface area contributed by atoms with Crippen LogP contribution in [0.5, 0.6) is 0 Å². The molecule has 5 heteroatoms. The molecule has 1 aliphatic rings. The molecule has 3 rings (SSSR count). The van der Waals surface area contributed by atoms with E-state index in [4.69, 9.17) is 4.74 Å². The molecule has 1 aromatic carbocycles. The number of ether oxygens (including phenoxy) is 1. The Bertz CT molecular complexity index is 603. The Morgan fingerprint density at radius 3 is 2.75 bits per heavy atom. The van der Waals surface area contributed by atoms with Gasteiger partial charge in [0.2, 0.25) is 0 Å². The summed E-state index contributed by atoms with van der Waals surface area (Å²) >= 11 is 0. The number of hydrogen-bond acceptors (Lipinski definition) is 4. The first-order valence-electron chi connectivity index (χ1n) is 6.94. The molecule has 0 atom stereocenters. The maximum Gasteiger partial charge on any atom is 0.360 e. The van der Waals surface area contributed by atoms with E-state index in [-0.39, 0.29) is 5.97 Å². The Morgan fingerprint density at radius 1 is 1.35 bits per heavy atom. The van der Waals surface area contributed by atoms with Gasteiger partial charge in [-0.25, -0.2) is 9.48 Å². The smallest absolute Gasteiger partial charge is 0.360 e. The molecule has 5 nitrogen and oxygen atoms in total. The third-order valence-corrected chi connectivity index (χ3v) is 3.38. The van der Waals surface area contributed by atoms with Crippen molar-refractivity contribution in [2.24, 2.45) is 0 Å². The van der Waals surface area contributed by atoms with Crippen molar-refractivity contribution in [2.45, 2.75) is 32.2 Å². The predicted octanol–water partition coefficient (Wildman–Crippen LogP) is 2.38. The normalized spacial score (nSPS) is 14.2. The molecule has 0 N–H and O–H groups in total. The number of nitrogens with zero attached hydrogens (tertiary/aromatic N) is 3. The van der Waals surface area contributed by atoms with Gasteiger partial charge in [-0.3, -0.25) is 0 Å². The fraction of sp³-hybridized carbons (Fsp3) is 0.400. The third-order valence-electron chi connectivity index (χ3n) is 3.38. The van der Waals surface area contributed by atoms with Crippen LogP contribution in [0.1, 0.15) is 47.4 Å². The van der Waals surface area contributed by atoms with E-state index in [1.165, 1.54) is 0 Å². The second kappa shape index (κ2) is 5.45. The fourth-order valence-electron chi connectivity index (χ4n) is 2.30. The zero-order chi connectivity index (χ0) is 13.9. The predicted molar refractivity (Wildman–Crippen MR) is 73.5 cm³/mol. The minimum Gasteiger partial charge on any atom is -0.461 e. The number of carbonyl (C=O) groups is 1. The molecule has 0 unspecified atom stereocenters. The third kappa shape index (κ3) is 2.57. The molecule has 0 aliphatic heterocycles. The van der Waals surface area contributed by atoms with E-state index in [0.29, 0.717) is 24.8 Å². The van der Waals surface area contributed by atoms with Crippen LogP contribution in [0.3, 0.4) is 0 Å². The molecule has 1 heterocycles. The molecule has 0 radical (unpaired) electrons. The van der Waals surface area contributed by atoms with Crippen LogP contribution in [0.2, 0.25) is 0 Å². The topological polar surface area (TPSA) is 57.0 Å². The minimum atomic E-state index is -0.367. The van der Waals surface area contributed by atoms with Crippen LogP contribution in [0.4, 0.5) is 0 Å². The summed E-state index contributed by atoms with van der Waals surface area (Å²) in [6, 6.07) is 10.1. The number of benzene rings is 1. The number of aromatic nitrogens is 3. The van der Waals surface area contributed by atoms with Gasteiger partial charge in [-0.2, -0.15) is 0 Å². The van der Waals surface area contributed by atoms with E-state index in [9.17, 15) is 4.79 Å². The minimum absolute atomic E-state index is 0.356. The van der Waals surface area contributed by atoms with Crippen molar-refractivity contribution in [2.75, 3.05) is 6.61 Å². The molecule has 1 aromatic heterocycles. The van der Waals surface area contributed by atoms with Gasteiger partial charge < -0.3 is 4.74 Å². The summed E-state index contributed by atoms with van der Waals surface area (Å²) in [4.78, 5) is 11.9. The zero-order valence-corrected chi connectivity index (χ0v) is 11.5. The number of rotatable bonds is 5. The molecule has 0 amide bonds. The lowest BCUT2D eigenvalue weighted by Crippen LogP contribution is -2.11. The number of hydrogen-bond donors (Lipinski definition) is 0. The Labute approximate surface area is 117 Å². The maximum absolute atomic E-state index is 11.9. The summed E-state index contributed by atoms with van der Waals surface area (Å²) in [5.41, 5.74) is 2.45. The van der Waals surface area contributed by atoms with Gasteiger partial charge in [0, 0.05) is 5.92 Å². The van der Waals surface area contributed by atoms with Crippen LogP contribution in [-0.4, -0.2) is 27.6 Å². The van der Waals surface area contributed by atoms with Crippen LogP contribution >= 0.6 is 0 Å². The summed E-state index contributed by atoms with van der Waals surface area (Å²) in [7, 11) is 0. The Balaban J connectivity index is 1.89. The van der Waals surface area contributed by atoms with E-state index < -0.39 is 0 Å². The highest BCUT2D eigenvalue weighted by atomic mass is 16.5. The second-order valence-electron chi connectivity index (χ2n) is 4.96. The van der Waals surface area contributed by atoms with Gasteiger partial charge in [0.05, 0.1) is 18.8 Å². The van der Waals surface area contributed by atoms with Crippen molar-refractivity contribution in [3.63, 3.8) is 0 Å². The van der Waals surface area contributed by atoms with Crippen molar-refractivity contribution in [3.8, 4) is 0 Å². The highest BCUT2D eigenvalue weighted by Gasteiger charge is 2.34. The Kier molecular flexibility index (Phi) is 3.50. The van der Waals surface area contributed by atoms with Crippen molar-refractivity contribution in [1.29, 1.82) is 0 Å². The van der Waals surface area contributed by atoms with Crippen LogP contribution in [-0.2, 0) is 11.3 Å². The maximum atomic E-state index is 11.9. The molecular weight excluding hydrogens is 254 g/mol. The lowest BCUT2D eigenvalue weighted by molar-refractivity contribution is 0.0518. The molecule has 0 bridgehead atoms. The fourth-order valence-corrected chi connectivity index (χ4v) is 2.30. The van der Waals surface area contributed by atoms with Gasteiger partial charge in [-0.05, 0) is 25.3 Å². The van der Waals surface area contributed by atoms with Gasteiger partial charge in [-0.15, -0.1) is 5.10 Å². The Hall–Kier alpha value is -2.17. The highest BCUT2D eigenvalue weighted by Crippen LogP contribution is 2.41. The molecule has 1 saturated carbocycles. The van der Waals surface area contributed by atoms with E-state index in [1.807, 2.05) is 35.0 Å². The molecule has 20 heavy (non-hydrogen) atoms. The molecule has 1 fully saturated rings. The summed E-state index contributed by atoms with van der Waals surface area (Å²) in [5, 5.41) is 8.17. The standard InChI is InChI=1S/C15H17N3O2/c1-2-20-15(19)13-14(12-8-9-12)18(17-16-13)10-11-6-4-3-5-7-11/h3-7,12H,2,8-10H2,1H3. The lowest BCUT2D eigenvalue weighted by atomic mass is 10.2. The summed E-state index contributed by atoms with van der Waals surface area (Å²) in [6.45, 7) is 2.79. The van der Waals surface area contributed by atoms with Crippen LogP contribution < -0.4 is 0 Å². The number of esters is 1. The van der Waals surface area contributed by atoms with Crippen molar-refractivity contribution in [1.82, 2.24) is 15.0 Å². The largest absolute Gasteiger partial charge is 0.461 e. The molecule has 0 spiro atoms. The second-order valence-corrected chi connectivity index (χ2v) is 4.96. The van der Waals surface area contributed by atoms with E-state index in [2.05, 4.69) is 10.3 Å². The number of carbonyl (C=O) groups excluding carboxylic acids is 1. The van der Waals surface area contributed by atoms with Crippen molar-refractivity contribution >= 4 is 5.97 Å². The van der Waals surface area contributed by atoms with E-state index >= 15 is 0 Å². The summed E-state index contributed by atoms with van der Waals surface area (Å²) in [5.74, 6) is 0.0295. The SMILES string of the molecule is CCOC(=O)c1nnn(Cc2ccccc2)c1C1CC1. The van der Waals surface area contributed by atoms with E-state index in [0.717, 1.165) is 24.1 Å². The summed E-state index contributed by atoms with van der Waals surface area (Å²) < 4.78 is 6.89. The van der Waals surface area contributed by atoms with Crippen molar-refractivity contribution < 1.29 is 9.53 Å². The first-order chi connectivity index (χ1) is 9.79. The van der Waals surface area contributed by atoms with Crippen LogP contribution in [0.15, 0.2) is 30.3 Å². The monoisotopic (exact) mass is 271 g/mol. The van der Waals surface area contributed by atoms with Gasteiger partial charge in [0.15, 0.2) is 5.69 Å². The molecule has 1 aliphatic carbocycles. The molecule has 2 aromatic rings. The molecule has 0 saturated heterocycles. The van der Waals surface area contributed by atoms with Gasteiger partial charge in [-0.1, -0.05) is 35.5 Å². The average molecular weight is 271 g/mol. The lowest BCUT2D eigenvalue weighted by Gasteiger charge is -2.07. The molecule has 104 valence electrons. The molecular formula is C15H17N3O2. The van der Waals surface area contributed by atoms with Gasteiger partial charge >= 0.3 is 5.97 Å². The zero-order valence-electron chi connectivity index (χ0n) is 11.5. The van der Waals surface area contributed by atoms with Crippen LogP contribution in [0.25, 0.3) is 0 Å². The quantitative estimate of drug-likeness (QED) is 0.783.